The minimum absolute atomic E-state index is 0.775. The summed E-state index contributed by atoms with van der Waals surface area (Å²) in [5.41, 5.74) is 2.37. The molecule has 0 unspecified atom stereocenters. The topological polar surface area (TPSA) is 27.7 Å². The predicted octanol–water partition coefficient (Wildman–Crippen LogP) is 2.75. The summed E-state index contributed by atoms with van der Waals surface area (Å²) in [6.07, 6.45) is 2.72. The van der Waals surface area contributed by atoms with Gasteiger partial charge in [0.15, 0.2) is 0 Å². The second-order valence-corrected chi connectivity index (χ2v) is 6.84. The summed E-state index contributed by atoms with van der Waals surface area (Å²) in [4.78, 5) is 0. The Balaban J connectivity index is 2.68. The van der Waals surface area contributed by atoms with Crippen molar-refractivity contribution in [3.8, 4) is 0 Å². The molecule has 1 aromatic rings. The first-order valence-electron chi connectivity index (χ1n) is 5.56. The first-order chi connectivity index (χ1) is 8.19. The lowest BCUT2D eigenvalue weighted by Gasteiger charge is -2.24. The molecule has 94 valence electrons. The van der Waals surface area contributed by atoms with E-state index < -0.39 is 8.80 Å². The van der Waals surface area contributed by atoms with Crippen molar-refractivity contribution in [3.63, 3.8) is 0 Å². The Hall–Kier alpha value is -0.943. The van der Waals surface area contributed by atoms with Crippen molar-refractivity contribution >= 4 is 14.9 Å². The molecular formula is C13H20O3Si. The van der Waals surface area contributed by atoms with Crippen LogP contribution in [0.3, 0.4) is 0 Å². The van der Waals surface area contributed by atoms with Gasteiger partial charge in [0.2, 0.25) is 0 Å². The summed E-state index contributed by atoms with van der Waals surface area (Å²) in [7, 11) is 2.46. The first-order valence-corrected chi connectivity index (χ1v) is 7.49. The zero-order valence-corrected chi connectivity index (χ0v) is 11.7. The highest BCUT2D eigenvalue weighted by molar-refractivity contribution is 6.60. The molecule has 0 aliphatic heterocycles. The normalized spacial score (nSPS) is 11.5. The lowest BCUT2D eigenvalue weighted by Crippen LogP contribution is -2.43. The van der Waals surface area contributed by atoms with Gasteiger partial charge in [-0.3, -0.25) is 0 Å². The average molecular weight is 252 g/mol. The predicted molar refractivity (Wildman–Crippen MR) is 71.8 cm³/mol. The van der Waals surface area contributed by atoms with Crippen molar-refractivity contribution in [3.05, 3.63) is 42.0 Å². The zero-order chi connectivity index (χ0) is 12.7. The molecule has 0 N–H and O–H groups in total. The van der Waals surface area contributed by atoms with Crippen LogP contribution in [0.15, 0.2) is 30.8 Å². The molecule has 0 spiro atoms. The molecule has 0 bridgehead atoms. The summed E-state index contributed by atoms with van der Waals surface area (Å²) >= 11 is 0. The molecule has 17 heavy (non-hydrogen) atoms. The van der Waals surface area contributed by atoms with Crippen LogP contribution < -0.4 is 0 Å². The van der Waals surface area contributed by atoms with Crippen LogP contribution in [0.25, 0.3) is 6.08 Å². The van der Waals surface area contributed by atoms with Crippen LogP contribution in [0.5, 0.6) is 0 Å². The Morgan fingerprint density at radius 2 is 1.82 bits per heavy atom. The van der Waals surface area contributed by atoms with Crippen LogP contribution in [0.4, 0.5) is 0 Å². The van der Waals surface area contributed by atoms with Gasteiger partial charge >= 0.3 is 8.80 Å². The standard InChI is InChI=1S/C13H20O3Si/c1-5-12-7-6-8-13(11-12)9-10-17(14-2,15-3)16-4/h5-8,11H,1,9-10H2,2-4H3. The second-order valence-electron chi connectivity index (χ2n) is 3.74. The van der Waals surface area contributed by atoms with Gasteiger partial charge < -0.3 is 13.3 Å². The summed E-state index contributed by atoms with van der Waals surface area (Å²) in [6, 6.07) is 9.05. The lowest BCUT2D eigenvalue weighted by atomic mass is 10.1. The first kappa shape index (κ1) is 14.1. The minimum atomic E-state index is -2.45. The van der Waals surface area contributed by atoms with Gasteiger partial charge in [-0.25, -0.2) is 0 Å². The van der Waals surface area contributed by atoms with Gasteiger partial charge in [-0.05, 0) is 17.5 Å². The highest BCUT2D eigenvalue weighted by atomic mass is 28.4. The van der Waals surface area contributed by atoms with Crippen molar-refractivity contribution in [2.24, 2.45) is 0 Å². The molecule has 0 radical (unpaired) electrons. The van der Waals surface area contributed by atoms with Crippen LogP contribution in [0.1, 0.15) is 11.1 Å². The van der Waals surface area contributed by atoms with Gasteiger partial charge in [0.05, 0.1) is 0 Å². The molecule has 1 aromatic carbocycles. The Morgan fingerprint density at radius 1 is 1.18 bits per heavy atom. The molecule has 0 saturated heterocycles. The van der Waals surface area contributed by atoms with E-state index in [9.17, 15) is 0 Å². The van der Waals surface area contributed by atoms with E-state index in [0.717, 1.165) is 18.0 Å². The molecule has 0 aliphatic rings. The van der Waals surface area contributed by atoms with E-state index in [1.54, 1.807) is 21.3 Å². The van der Waals surface area contributed by atoms with Gasteiger partial charge in [-0.1, -0.05) is 36.9 Å². The van der Waals surface area contributed by atoms with Crippen LogP contribution in [-0.2, 0) is 19.7 Å². The van der Waals surface area contributed by atoms with E-state index in [-0.39, 0.29) is 0 Å². The summed E-state index contributed by atoms with van der Waals surface area (Å²) in [6.45, 7) is 3.76. The fraction of sp³-hybridized carbons (Fsp3) is 0.385. The van der Waals surface area contributed by atoms with E-state index in [4.69, 9.17) is 13.3 Å². The number of hydrogen-bond donors (Lipinski definition) is 0. The maximum absolute atomic E-state index is 5.39. The highest BCUT2D eigenvalue weighted by Gasteiger charge is 2.36. The van der Waals surface area contributed by atoms with Crippen LogP contribution in [-0.4, -0.2) is 30.1 Å². The largest absolute Gasteiger partial charge is 0.500 e. The second kappa shape index (κ2) is 6.71. The number of hydrogen-bond acceptors (Lipinski definition) is 3. The van der Waals surface area contributed by atoms with Crippen molar-refractivity contribution in [2.75, 3.05) is 21.3 Å². The average Bonchev–Trinajstić information content (AvgIpc) is 2.41. The van der Waals surface area contributed by atoms with Crippen molar-refractivity contribution in [2.45, 2.75) is 12.5 Å². The molecular weight excluding hydrogens is 232 g/mol. The van der Waals surface area contributed by atoms with E-state index in [1.807, 2.05) is 18.2 Å². The maximum Gasteiger partial charge on any atom is 0.500 e. The molecule has 0 amide bonds. The summed E-state index contributed by atoms with van der Waals surface area (Å²) < 4.78 is 16.2. The molecule has 3 nitrogen and oxygen atoms in total. The molecule has 0 heterocycles. The van der Waals surface area contributed by atoms with Gasteiger partial charge in [-0.2, -0.15) is 0 Å². The monoisotopic (exact) mass is 252 g/mol. The Labute approximate surface area is 104 Å². The van der Waals surface area contributed by atoms with Gasteiger partial charge in [0.1, 0.15) is 0 Å². The van der Waals surface area contributed by atoms with Crippen LogP contribution in [0.2, 0.25) is 6.04 Å². The number of aryl methyl sites for hydroxylation is 1. The third-order valence-electron chi connectivity index (χ3n) is 2.84. The van der Waals surface area contributed by atoms with Gasteiger partial charge in [-0.15, -0.1) is 0 Å². The van der Waals surface area contributed by atoms with Crippen molar-refractivity contribution in [1.82, 2.24) is 0 Å². The SMILES string of the molecule is C=Cc1cccc(CC[Si](OC)(OC)OC)c1. The Kier molecular flexibility index (Phi) is 5.57. The molecule has 0 fully saturated rings. The van der Waals surface area contributed by atoms with Crippen molar-refractivity contribution < 1.29 is 13.3 Å². The van der Waals surface area contributed by atoms with E-state index >= 15 is 0 Å². The smallest absolute Gasteiger partial charge is 0.377 e. The van der Waals surface area contributed by atoms with Gasteiger partial charge in [0, 0.05) is 27.4 Å². The minimum Gasteiger partial charge on any atom is -0.377 e. The molecule has 0 saturated carbocycles. The van der Waals surface area contributed by atoms with Crippen molar-refractivity contribution in [1.29, 1.82) is 0 Å². The Bertz CT molecular complexity index is 353. The lowest BCUT2D eigenvalue weighted by molar-refractivity contribution is 0.123. The number of rotatable bonds is 7. The summed E-state index contributed by atoms with van der Waals surface area (Å²) in [5.74, 6) is 0. The highest BCUT2D eigenvalue weighted by Crippen LogP contribution is 2.17. The van der Waals surface area contributed by atoms with E-state index in [2.05, 4.69) is 18.7 Å². The third-order valence-corrected chi connectivity index (χ3v) is 5.57. The van der Waals surface area contributed by atoms with E-state index in [1.165, 1.54) is 5.56 Å². The van der Waals surface area contributed by atoms with Crippen LogP contribution in [0, 0.1) is 0 Å². The Morgan fingerprint density at radius 3 is 2.35 bits per heavy atom. The molecule has 1 rings (SSSR count). The molecule has 4 heteroatoms. The fourth-order valence-corrected chi connectivity index (χ4v) is 3.44. The van der Waals surface area contributed by atoms with Gasteiger partial charge in [0.25, 0.3) is 0 Å². The zero-order valence-electron chi connectivity index (χ0n) is 10.7. The molecule has 0 aromatic heterocycles. The summed E-state index contributed by atoms with van der Waals surface area (Å²) in [5, 5.41) is 0. The van der Waals surface area contributed by atoms with Crippen LogP contribution >= 0.6 is 0 Å². The third kappa shape index (κ3) is 3.78. The molecule has 0 aliphatic carbocycles. The maximum atomic E-state index is 5.39. The number of benzene rings is 1. The fourth-order valence-electron chi connectivity index (χ4n) is 1.73. The molecule has 0 atom stereocenters. The quantitative estimate of drug-likeness (QED) is 0.698. The van der Waals surface area contributed by atoms with E-state index in [0.29, 0.717) is 0 Å².